The molecule has 2 rings (SSSR count). The summed E-state index contributed by atoms with van der Waals surface area (Å²) in [5, 5.41) is 7.50. The van der Waals surface area contributed by atoms with Gasteiger partial charge >= 0.3 is 0 Å². The molecule has 0 saturated heterocycles. The SMILES string of the molecule is N=C(N)c1cc(F)ccc1COc1c(Br)cc(Br)cc1Br. The number of nitrogen functional groups attached to an aromatic ring is 1. The van der Waals surface area contributed by atoms with Gasteiger partial charge in [0.1, 0.15) is 24.0 Å². The third-order valence-electron chi connectivity index (χ3n) is 2.70. The van der Waals surface area contributed by atoms with Gasteiger partial charge in [-0.05, 0) is 56.1 Å². The lowest BCUT2D eigenvalue weighted by molar-refractivity contribution is 0.302. The summed E-state index contributed by atoms with van der Waals surface area (Å²) in [4.78, 5) is 0. The van der Waals surface area contributed by atoms with E-state index in [2.05, 4.69) is 47.8 Å². The molecule has 2 aromatic carbocycles. The number of amidine groups is 1. The summed E-state index contributed by atoms with van der Waals surface area (Å²) < 4.78 is 21.4. The molecule has 0 spiro atoms. The Bertz CT molecular complexity index is 684. The van der Waals surface area contributed by atoms with Gasteiger partial charge in [-0.3, -0.25) is 5.41 Å². The number of rotatable bonds is 4. The molecular weight excluding hydrogens is 471 g/mol. The molecular formula is C14H10Br3FN2O. The smallest absolute Gasteiger partial charge is 0.148 e. The molecule has 0 aliphatic heterocycles. The number of nitrogens with two attached hydrogens (primary N) is 1. The van der Waals surface area contributed by atoms with Crippen molar-refractivity contribution in [1.82, 2.24) is 0 Å². The molecule has 0 radical (unpaired) electrons. The number of benzene rings is 2. The maximum atomic E-state index is 13.2. The van der Waals surface area contributed by atoms with Crippen LogP contribution < -0.4 is 10.5 Å². The van der Waals surface area contributed by atoms with Gasteiger partial charge < -0.3 is 10.5 Å². The van der Waals surface area contributed by atoms with E-state index in [9.17, 15) is 4.39 Å². The maximum Gasteiger partial charge on any atom is 0.148 e. The molecule has 0 aliphatic rings. The second-order valence-electron chi connectivity index (χ2n) is 4.20. The Balaban J connectivity index is 2.27. The fraction of sp³-hybridized carbons (Fsp3) is 0.0714. The fourth-order valence-electron chi connectivity index (χ4n) is 1.74. The van der Waals surface area contributed by atoms with Crippen molar-refractivity contribution < 1.29 is 9.13 Å². The molecule has 110 valence electrons. The molecule has 0 unspecified atom stereocenters. The predicted molar refractivity (Wildman–Crippen MR) is 91.3 cm³/mol. The molecule has 0 amide bonds. The Kier molecular flexibility index (Phi) is 5.40. The third kappa shape index (κ3) is 4.05. The van der Waals surface area contributed by atoms with Crippen LogP contribution in [-0.2, 0) is 6.61 Å². The van der Waals surface area contributed by atoms with Crippen LogP contribution in [0.25, 0.3) is 0 Å². The van der Waals surface area contributed by atoms with Crippen molar-refractivity contribution in [2.24, 2.45) is 5.73 Å². The average molecular weight is 481 g/mol. The summed E-state index contributed by atoms with van der Waals surface area (Å²) in [6.07, 6.45) is 0. The van der Waals surface area contributed by atoms with Crippen molar-refractivity contribution >= 4 is 53.6 Å². The first-order chi connectivity index (χ1) is 9.88. The van der Waals surface area contributed by atoms with Crippen molar-refractivity contribution in [1.29, 1.82) is 5.41 Å². The van der Waals surface area contributed by atoms with Crippen LogP contribution in [0.5, 0.6) is 5.75 Å². The van der Waals surface area contributed by atoms with E-state index in [1.165, 1.54) is 12.1 Å². The number of hydrogen-bond donors (Lipinski definition) is 2. The quantitative estimate of drug-likeness (QED) is 0.479. The fourth-order valence-corrected chi connectivity index (χ4v) is 4.23. The van der Waals surface area contributed by atoms with E-state index in [0.29, 0.717) is 16.9 Å². The topological polar surface area (TPSA) is 59.1 Å². The van der Waals surface area contributed by atoms with Gasteiger partial charge in [-0.1, -0.05) is 22.0 Å². The summed E-state index contributed by atoms with van der Waals surface area (Å²) in [5.74, 6) is -0.00554. The van der Waals surface area contributed by atoms with Crippen molar-refractivity contribution in [2.75, 3.05) is 0 Å². The van der Waals surface area contributed by atoms with Gasteiger partial charge in [0.25, 0.3) is 0 Å². The van der Waals surface area contributed by atoms with Crippen molar-refractivity contribution in [2.45, 2.75) is 6.61 Å². The van der Waals surface area contributed by atoms with Crippen LogP contribution in [0.4, 0.5) is 4.39 Å². The Labute approximate surface area is 146 Å². The second-order valence-corrected chi connectivity index (χ2v) is 6.83. The van der Waals surface area contributed by atoms with Crippen LogP contribution in [-0.4, -0.2) is 5.84 Å². The van der Waals surface area contributed by atoms with Crippen LogP contribution in [0.15, 0.2) is 43.7 Å². The minimum Gasteiger partial charge on any atom is -0.487 e. The van der Waals surface area contributed by atoms with Gasteiger partial charge in [-0.15, -0.1) is 0 Å². The molecule has 21 heavy (non-hydrogen) atoms. The van der Waals surface area contributed by atoms with Crippen LogP contribution in [0.2, 0.25) is 0 Å². The van der Waals surface area contributed by atoms with E-state index < -0.39 is 5.82 Å². The summed E-state index contributed by atoms with van der Waals surface area (Å²) in [6.45, 7) is 0.175. The molecule has 3 N–H and O–H groups in total. The van der Waals surface area contributed by atoms with Crippen LogP contribution in [0.1, 0.15) is 11.1 Å². The number of halogens is 4. The van der Waals surface area contributed by atoms with E-state index in [0.717, 1.165) is 13.4 Å². The molecule has 7 heteroatoms. The molecule has 3 nitrogen and oxygen atoms in total. The van der Waals surface area contributed by atoms with E-state index in [4.69, 9.17) is 15.9 Å². The minimum atomic E-state index is -0.435. The highest BCUT2D eigenvalue weighted by molar-refractivity contribution is 9.11. The first-order valence-electron chi connectivity index (χ1n) is 5.78. The molecule has 0 bridgehead atoms. The normalized spacial score (nSPS) is 10.5. The molecule has 0 aromatic heterocycles. The van der Waals surface area contributed by atoms with Crippen molar-refractivity contribution in [3.8, 4) is 5.75 Å². The first kappa shape index (κ1) is 16.5. The Morgan fingerprint density at radius 1 is 1.14 bits per heavy atom. The Morgan fingerprint density at radius 3 is 2.33 bits per heavy atom. The second kappa shape index (κ2) is 6.89. The summed E-state index contributed by atoms with van der Waals surface area (Å²) in [6, 6.07) is 7.82. The minimum absolute atomic E-state index is 0.175. The molecule has 0 fully saturated rings. The first-order valence-corrected chi connectivity index (χ1v) is 8.16. The number of nitrogens with one attached hydrogen (secondary N) is 1. The highest BCUT2D eigenvalue weighted by atomic mass is 79.9. The average Bonchev–Trinajstić information content (AvgIpc) is 2.38. The van der Waals surface area contributed by atoms with Gasteiger partial charge in [0.2, 0.25) is 0 Å². The monoisotopic (exact) mass is 478 g/mol. The van der Waals surface area contributed by atoms with E-state index in [1.807, 2.05) is 12.1 Å². The highest BCUT2D eigenvalue weighted by Crippen LogP contribution is 2.37. The van der Waals surface area contributed by atoms with Crippen LogP contribution in [0.3, 0.4) is 0 Å². The molecule has 0 saturated carbocycles. The zero-order valence-corrected chi connectivity index (χ0v) is 15.3. The largest absolute Gasteiger partial charge is 0.487 e. The molecule has 0 atom stereocenters. The summed E-state index contributed by atoms with van der Waals surface area (Å²) in [5.41, 5.74) is 6.45. The lowest BCUT2D eigenvalue weighted by Crippen LogP contribution is -2.15. The van der Waals surface area contributed by atoms with E-state index >= 15 is 0 Å². The molecule has 2 aromatic rings. The van der Waals surface area contributed by atoms with Crippen molar-refractivity contribution in [3.05, 3.63) is 60.7 Å². The Hall–Kier alpha value is -0.920. The van der Waals surface area contributed by atoms with Crippen LogP contribution in [0, 0.1) is 11.2 Å². The van der Waals surface area contributed by atoms with Gasteiger partial charge in [0.05, 0.1) is 8.95 Å². The lowest BCUT2D eigenvalue weighted by Gasteiger charge is -2.13. The third-order valence-corrected chi connectivity index (χ3v) is 4.33. The maximum absolute atomic E-state index is 13.2. The zero-order chi connectivity index (χ0) is 15.6. The number of hydrogen-bond acceptors (Lipinski definition) is 2. The van der Waals surface area contributed by atoms with Gasteiger partial charge in [-0.25, -0.2) is 4.39 Å². The highest BCUT2D eigenvalue weighted by Gasteiger charge is 2.12. The lowest BCUT2D eigenvalue weighted by atomic mass is 10.1. The standard InChI is InChI=1S/C14H10Br3FN2O/c15-8-3-11(16)13(12(17)4-8)21-6-7-1-2-9(18)5-10(7)14(19)20/h1-5H,6H2,(H3,19,20). The number of ether oxygens (including phenoxy) is 1. The summed E-state index contributed by atoms with van der Waals surface area (Å²) in [7, 11) is 0. The van der Waals surface area contributed by atoms with E-state index in [1.54, 1.807) is 6.07 Å². The van der Waals surface area contributed by atoms with Crippen molar-refractivity contribution in [3.63, 3.8) is 0 Å². The van der Waals surface area contributed by atoms with Gasteiger partial charge in [-0.2, -0.15) is 0 Å². The predicted octanol–water partition coefficient (Wildman–Crippen LogP) is 4.98. The van der Waals surface area contributed by atoms with Gasteiger partial charge in [0.15, 0.2) is 0 Å². The summed E-state index contributed by atoms with van der Waals surface area (Å²) >= 11 is 10.2. The van der Waals surface area contributed by atoms with Gasteiger partial charge in [0, 0.05) is 15.6 Å². The molecule has 0 aliphatic carbocycles. The zero-order valence-electron chi connectivity index (χ0n) is 10.6. The van der Waals surface area contributed by atoms with Crippen LogP contribution >= 0.6 is 47.8 Å². The molecule has 0 heterocycles. The Morgan fingerprint density at radius 2 is 1.76 bits per heavy atom. The van der Waals surface area contributed by atoms with E-state index in [-0.39, 0.29) is 12.4 Å².